The standard InChI is InChI=1S/C6H4ClF3N2O2/c1-12-4(6(8,9)10)2(7)3(11-12)5(13)14/h1H3,(H,13,14)/p-1. The third-order valence-corrected chi connectivity index (χ3v) is 1.81. The van der Waals surface area contributed by atoms with Gasteiger partial charge in [-0.25, -0.2) is 0 Å². The molecule has 0 spiro atoms. The zero-order valence-electron chi connectivity index (χ0n) is 6.72. The summed E-state index contributed by atoms with van der Waals surface area (Å²) in [6.45, 7) is 0. The molecule has 0 aliphatic carbocycles. The number of carbonyl (C=O) groups is 1. The van der Waals surface area contributed by atoms with Crippen LogP contribution in [0.5, 0.6) is 0 Å². The maximum Gasteiger partial charge on any atom is 0.434 e. The van der Waals surface area contributed by atoms with Crippen molar-refractivity contribution in [1.82, 2.24) is 9.78 Å². The van der Waals surface area contributed by atoms with E-state index < -0.39 is 28.6 Å². The van der Waals surface area contributed by atoms with Crippen LogP contribution < -0.4 is 5.11 Å². The van der Waals surface area contributed by atoms with Crippen molar-refractivity contribution < 1.29 is 23.1 Å². The predicted octanol–water partition coefficient (Wildman–Crippen LogP) is 0.456. The van der Waals surface area contributed by atoms with Crippen molar-refractivity contribution >= 4 is 17.6 Å². The highest BCUT2D eigenvalue weighted by Crippen LogP contribution is 2.35. The van der Waals surface area contributed by atoms with Crippen LogP contribution in [0.15, 0.2) is 0 Å². The van der Waals surface area contributed by atoms with Gasteiger partial charge in [-0.15, -0.1) is 0 Å². The van der Waals surface area contributed by atoms with E-state index >= 15 is 0 Å². The second kappa shape index (κ2) is 3.16. The lowest BCUT2D eigenvalue weighted by Gasteiger charge is -2.06. The second-order valence-electron chi connectivity index (χ2n) is 2.42. The van der Waals surface area contributed by atoms with Gasteiger partial charge in [0.2, 0.25) is 0 Å². The zero-order chi connectivity index (χ0) is 11.1. The Morgan fingerprint density at radius 3 is 2.29 bits per heavy atom. The van der Waals surface area contributed by atoms with E-state index in [-0.39, 0.29) is 0 Å². The highest BCUT2D eigenvalue weighted by Gasteiger charge is 2.38. The van der Waals surface area contributed by atoms with Crippen molar-refractivity contribution in [1.29, 1.82) is 0 Å². The molecule has 1 aromatic heterocycles. The van der Waals surface area contributed by atoms with Crippen LogP contribution in [0.4, 0.5) is 13.2 Å². The number of carboxylic acids is 1. The van der Waals surface area contributed by atoms with Crippen molar-refractivity contribution in [2.75, 3.05) is 0 Å². The first-order valence-electron chi connectivity index (χ1n) is 3.26. The van der Waals surface area contributed by atoms with Crippen molar-refractivity contribution in [3.8, 4) is 0 Å². The van der Waals surface area contributed by atoms with E-state index in [9.17, 15) is 23.1 Å². The summed E-state index contributed by atoms with van der Waals surface area (Å²) in [7, 11) is 0.946. The minimum absolute atomic E-state index is 0.355. The molecule has 0 unspecified atom stereocenters. The number of carbonyl (C=O) groups excluding carboxylic acids is 1. The van der Waals surface area contributed by atoms with E-state index in [1.54, 1.807) is 0 Å². The minimum atomic E-state index is -4.74. The summed E-state index contributed by atoms with van der Waals surface area (Å²) in [4.78, 5) is 10.3. The first kappa shape index (κ1) is 10.8. The Morgan fingerprint density at radius 2 is 2.07 bits per heavy atom. The molecule has 0 saturated carbocycles. The number of rotatable bonds is 1. The van der Waals surface area contributed by atoms with Crippen molar-refractivity contribution in [2.24, 2.45) is 7.05 Å². The predicted molar refractivity (Wildman–Crippen MR) is 37.6 cm³/mol. The molecule has 8 heteroatoms. The molecule has 0 bridgehead atoms. The lowest BCUT2D eigenvalue weighted by Crippen LogP contribution is -2.23. The van der Waals surface area contributed by atoms with Crippen LogP contribution in [-0.4, -0.2) is 15.7 Å². The number of hydrogen-bond donors (Lipinski definition) is 0. The van der Waals surface area contributed by atoms with E-state index in [0.29, 0.717) is 4.68 Å². The molecule has 0 saturated heterocycles. The Kier molecular flexibility index (Phi) is 2.45. The zero-order valence-corrected chi connectivity index (χ0v) is 7.48. The highest BCUT2D eigenvalue weighted by molar-refractivity contribution is 6.33. The van der Waals surface area contributed by atoms with Gasteiger partial charge in [0.25, 0.3) is 0 Å². The number of aromatic nitrogens is 2. The molecule has 0 atom stereocenters. The molecule has 78 valence electrons. The fourth-order valence-electron chi connectivity index (χ4n) is 0.936. The molecule has 1 heterocycles. The molecule has 14 heavy (non-hydrogen) atoms. The molecule has 0 aromatic carbocycles. The molecule has 0 aliphatic rings. The Morgan fingerprint density at radius 1 is 1.57 bits per heavy atom. The number of alkyl halides is 3. The topological polar surface area (TPSA) is 58.0 Å². The number of carboxylic acid groups (broad SMARTS) is 1. The smallest absolute Gasteiger partial charge is 0.434 e. The normalized spacial score (nSPS) is 11.8. The second-order valence-corrected chi connectivity index (χ2v) is 2.80. The monoisotopic (exact) mass is 227 g/mol. The van der Waals surface area contributed by atoms with E-state index in [0.717, 1.165) is 7.05 Å². The van der Waals surface area contributed by atoms with E-state index in [1.807, 2.05) is 0 Å². The van der Waals surface area contributed by atoms with Crippen LogP contribution >= 0.6 is 11.6 Å². The van der Waals surface area contributed by atoms with Crippen LogP contribution in [0.2, 0.25) is 5.02 Å². The maximum absolute atomic E-state index is 12.2. The van der Waals surface area contributed by atoms with Crippen LogP contribution in [0.25, 0.3) is 0 Å². The van der Waals surface area contributed by atoms with Gasteiger partial charge in [-0.3, -0.25) is 4.68 Å². The Bertz CT molecular complexity index is 385. The summed E-state index contributed by atoms with van der Waals surface area (Å²) in [5.74, 6) is -1.85. The molecule has 0 fully saturated rings. The van der Waals surface area contributed by atoms with Crippen molar-refractivity contribution in [3.63, 3.8) is 0 Å². The molecule has 0 amide bonds. The van der Waals surface area contributed by atoms with E-state index in [2.05, 4.69) is 5.10 Å². The van der Waals surface area contributed by atoms with Gasteiger partial charge < -0.3 is 9.90 Å². The molecular weight excluding hydrogens is 225 g/mol. The van der Waals surface area contributed by atoms with Gasteiger partial charge in [-0.05, 0) is 0 Å². The summed E-state index contributed by atoms with van der Waals surface area (Å²) in [6.07, 6.45) is -4.74. The van der Waals surface area contributed by atoms with Gasteiger partial charge in [0.1, 0.15) is 10.7 Å². The highest BCUT2D eigenvalue weighted by atomic mass is 35.5. The quantitative estimate of drug-likeness (QED) is 0.700. The van der Waals surface area contributed by atoms with Gasteiger partial charge in [-0.1, -0.05) is 11.6 Å². The van der Waals surface area contributed by atoms with E-state index in [1.165, 1.54) is 0 Å². The Labute approximate surface area is 80.9 Å². The molecule has 0 aliphatic heterocycles. The fraction of sp³-hybridized carbons (Fsp3) is 0.333. The third kappa shape index (κ3) is 1.67. The van der Waals surface area contributed by atoms with Gasteiger partial charge in [-0.2, -0.15) is 18.3 Å². The average molecular weight is 228 g/mol. The van der Waals surface area contributed by atoms with Crippen LogP contribution in [0.1, 0.15) is 16.2 Å². The molecular formula is C6H3ClF3N2O2-. The minimum Gasteiger partial charge on any atom is -0.543 e. The molecule has 1 aromatic rings. The first-order chi connectivity index (χ1) is 6.25. The fourth-order valence-corrected chi connectivity index (χ4v) is 1.28. The Balaban J connectivity index is 3.40. The summed E-state index contributed by atoms with van der Waals surface area (Å²) < 4.78 is 37.0. The van der Waals surface area contributed by atoms with E-state index in [4.69, 9.17) is 11.6 Å². The summed E-state index contributed by atoms with van der Waals surface area (Å²) in [6, 6.07) is 0. The molecule has 0 N–H and O–H groups in total. The number of hydrogen-bond acceptors (Lipinski definition) is 3. The van der Waals surface area contributed by atoms with Crippen LogP contribution in [-0.2, 0) is 13.2 Å². The summed E-state index contributed by atoms with van der Waals surface area (Å²) in [5.41, 5.74) is -2.22. The lowest BCUT2D eigenvalue weighted by molar-refractivity contribution is -0.255. The molecule has 4 nitrogen and oxygen atoms in total. The third-order valence-electron chi connectivity index (χ3n) is 1.45. The van der Waals surface area contributed by atoms with Gasteiger partial charge in [0, 0.05) is 7.05 Å². The van der Waals surface area contributed by atoms with Gasteiger partial charge in [0.05, 0.1) is 5.97 Å². The summed E-state index contributed by atoms with van der Waals surface area (Å²) in [5, 5.41) is 12.4. The molecule has 1 rings (SSSR count). The number of nitrogens with zero attached hydrogens (tertiary/aromatic N) is 2. The number of halogens is 4. The lowest BCUT2D eigenvalue weighted by atomic mass is 10.3. The van der Waals surface area contributed by atoms with Gasteiger partial charge in [0.15, 0.2) is 5.69 Å². The number of aromatic carboxylic acids is 1. The maximum atomic E-state index is 12.2. The average Bonchev–Trinajstić information content (AvgIpc) is 2.24. The largest absolute Gasteiger partial charge is 0.543 e. The number of aryl methyl sites for hydroxylation is 1. The summed E-state index contributed by atoms with van der Waals surface area (Å²) >= 11 is 5.19. The molecule has 0 radical (unpaired) electrons. The van der Waals surface area contributed by atoms with Crippen LogP contribution in [0.3, 0.4) is 0 Å². The Hall–Kier alpha value is -1.24. The van der Waals surface area contributed by atoms with Crippen LogP contribution in [0, 0.1) is 0 Å². The first-order valence-corrected chi connectivity index (χ1v) is 3.64. The SMILES string of the molecule is Cn1nc(C(=O)[O-])c(Cl)c1C(F)(F)F. The van der Waals surface area contributed by atoms with Crippen molar-refractivity contribution in [2.45, 2.75) is 6.18 Å². The van der Waals surface area contributed by atoms with Crippen molar-refractivity contribution in [3.05, 3.63) is 16.4 Å². The van der Waals surface area contributed by atoms with Gasteiger partial charge >= 0.3 is 6.18 Å².